The summed E-state index contributed by atoms with van der Waals surface area (Å²) >= 11 is 0. The number of benzene rings is 1. The van der Waals surface area contributed by atoms with Crippen LogP contribution in [0.1, 0.15) is 16.8 Å². The number of ether oxygens (including phenoxy) is 2. The zero-order valence-electron chi connectivity index (χ0n) is 13.7. The van der Waals surface area contributed by atoms with Gasteiger partial charge < -0.3 is 19.4 Å². The van der Waals surface area contributed by atoms with Gasteiger partial charge in [-0.1, -0.05) is 0 Å². The molecular weight excluding hydrogens is 322 g/mol. The Kier molecular flexibility index (Phi) is 3.93. The van der Waals surface area contributed by atoms with E-state index >= 15 is 0 Å². The molecule has 2 aromatic heterocycles. The molecule has 1 aliphatic heterocycles. The van der Waals surface area contributed by atoms with Crippen LogP contribution >= 0.6 is 0 Å². The second-order valence-corrected chi connectivity index (χ2v) is 5.78. The molecule has 0 saturated carbocycles. The predicted octanol–water partition coefficient (Wildman–Crippen LogP) is 1.65. The largest absolute Gasteiger partial charge is 0.477 e. The number of hydrogen-bond acceptors (Lipinski definition) is 6. The number of carbonyl (C=O) groups excluding carboxylic acids is 1. The van der Waals surface area contributed by atoms with Crippen LogP contribution in [0.2, 0.25) is 0 Å². The van der Waals surface area contributed by atoms with Crippen molar-refractivity contribution in [2.24, 2.45) is 0 Å². The van der Waals surface area contributed by atoms with Gasteiger partial charge >= 0.3 is 0 Å². The first-order valence-electron chi connectivity index (χ1n) is 7.98. The molecule has 1 N–H and O–H groups in total. The molecule has 1 saturated heterocycles. The van der Waals surface area contributed by atoms with Gasteiger partial charge in [-0.25, -0.2) is 15.0 Å². The third-order valence-electron chi connectivity index (χ3n) is 4.20. The molecule has 1 unspecified atom stereocenters. The van der Waals surface area contributed by atoms with Crippen molar-refractivity contribution in [3.05, 3.63) is 42.5 Å². The molecule has 3 heterocycles. The van der Waals surface area contributed by atoms with Gasteiger partial charge in [0.25, 0.3) is 17.7 Å². The van der Waals surface area contributed by atoms with E-state index in [4.69, 9.17) is 9.47 Å². The summed E-state index contributed by atoms with van der Waals surface area (Å²) in [5.41, 5.74) is 2.32. The van der Waals surface area contributed by atoms with E-state index in [0.717, 1.165) is 17.5 Å². The average Bonchev–Trinajstić information content (AvgIpc) is 3.30. The molecule has 0 spiro atoms. The zero-order valence-corrected chi connectivity index (χ0v) is 13.7. The van der Waals surface area contributed by atoms with E-state index in [-0.39, 0.29) is 12.0 Å². The summed E-state index contributed by atoms with van der Waals surface area (Å²) in [7, 11) is 1.52. The molecule has 4 rings (SSSR count). The Bertz CT molecular complexity index is 910. The van der Waals surface area contributed by atoms with Crippen LogP contribution in [0.15, 0.2) is 36.9 Å². The molecule has 1 aromatic carbocycles. The smallest absolute Gasteiger partial charge is 0.278 e. The van der Waals surface area contributed by atoms with Crippen molar-refractivity contribution in [3.8, 4) is 11.8 Å². The van der Waals surface area contributed by atoms with E-state index in [1.807, 2.05) is 12.1 Å². The van der Waals surface area contributed by atoms with Crippen LogP contribution in [0, 0.1) is 0 Å². The molecule has 0 aliphatic carbocycles. The molecule has 0 bridgehead atoms. The number of nitrogens with zero attached hydrogens (tertiary/aromatic N) is 4. The lowest BCUT2D eigenvalue weighted by Crippen LogP contribution is -2.31. The predicted molar refractivity (Wildman–Crippen MR) is 89.6 cm³/mol. The van der Waals surface area contributed by atoms with Gasteiger partial charge in [-0.15, -0.1) is 0 Å². The lowest BCUT2D eigenvalue weighted by Gasteiger charge is -2.17. The Labute approximate surface area is 143 Å². The van der Waals surface area contributed by atoms with Crippen LogP contribution in [0.5, 0.6) is 11.8 Å². The van der Waals surface area contributed by atoms with Gasteiger partial charge in [0.05, 0.1) is 31.0 Å². The van der Waals surface area contributed by atoms with Crippen molar-refractivity contribution >= 4 is 16.9 Å². The Balaban J connectivity index is 1.45. The first kappa shape index (κ1) is 15.4. The van der Waals surface area contributed by atoms with E-state index in [1.54, 1.807) is 29.7 Å². The number of likely N-dealkylation sites (tertiary alicyclic amines) is 1. The van der Waals surface area contributed by atoms with Gasteiger partial charge in [0.2, 0.25) is 0 Å². The SMILES string of the molecule is COc1nccnc1OC1CCN(C(=O)c2ccc3nc[nH]c3c2)C1. The number of aromatic amines is 1. The summed E-state index contributed by atoms with van der Waals surface area (Å²) in [6.07, 6.45) is 5.31. The third kappa shape index (κ3) is 2.98. The maximum absolute atomic E-state index is 12.7. The number of methoxy groups -OCH3 is 1. The highest BCUT2D eigenvalue weighted by atomic mass is 16.5. The summed E-state index contributed by atoms with van der Waals surface area (Å²) in [5, 5.41) is 0. The number of imidazole rings is 1. The number of aromatic nitrogens is 4. The maximum atomic E-state index is 12.7. The summed E-state index contributed by atoms with van der Waals surface area (Å²) in [4.78, 5) is 29.9. The number of hydrogen-bond donors (Lipinski definition) is 1. The molecule has 1 amide bonds. The fraction of sp³-hybridized carbons (Fsp3) is 0.294. The average molecular weight is 339 g/mol. The van der Waals surface area contributed by atoms with E-state index in [9.17, 15) is 4.79 Å². The van der Waals surface area contributed by atoms with Gasteiger partial charge in [0.1, 0.15) is 6.10 Å². The Morgan fingerprint density at radius 3 is 2.92 bits per heavy atom. The summed E-state index contributed by atoms with van der Waals surface area (Å²) < 4.78 is 11.0. The third-order valence-corrected chi connectivity index (χ3v) is 4.20. The minimum Gasteiger partial charge on any atom is -0.477 e. The molecule has 8 nitrogen and oxygen atoms in total. The van der Waals surface area contributed by atoms with Crippen molar-refractivity contribution in [1.29, 1.82) is 0 Å². The van der Waals surface area contributed by atoms with Gasteiger partial charge in [0.15, 0.2) is 0 Å². The Morgan fingerprint density at radius 1 is 1.24 bits per heavy atom. The van der Waals surface area contributed by atoms with E-state index in [1.165, 1.54) is 7.11 Å². The highest BCUT2D eigenvalue weighted by Gasteiger charge is 2.29. The van der Waals surface area contributed by atoms with Crippen molar-refractivity contribution < 1.29 is 14.3 Å². The number of H-pyrrole nitrogens is 1. The summed E-state index contributed by atoms with van der Waals surface area (Å²) in [6.45, 7) is 1.13. The topological polar surface area (TPSA) is 93.2 Å². The Hall–Kier alpha value is -3.16. The highest BCUT2D eigenvalue weighted by molar-refractivity contribution is 5.97. The second kappa shape index (κ2) is 6.39. The number of rotatable bonds is 4. The molecule has 1 aliphatic rings. The number of fused-ring (bicyclic) bond motifs is 1. The quantitative estimate of drug-likeness (QED) is 0.777. The Morgan fingerprint density at radius 2 is 2.08 bits per heavy atom. The van der Waals surface area contributed by atoms with Crippen molar-refractivity contribution in [1.82, 2.24) is 24.8 Å². The van der Waals surface area contributed by atoms with Crippen LogP contribution in [-0.4, -0.2) is 57.0 Å². The molecule has 128 valence electrons. The van der Waals surface area contributed by atoms with E-state index in [0.29, 0.717) is 30.4 Å². The normalized spacial score (nSPS) is 17.0. The molecule has 25 heavy (non-hydrogen) atoms. The molecule has 0 radical (unpaired) electrons. The fourth-order valence-electron chi connectivity index (χ4n) is 2.95. The van der Waals surface area contributed by atoms with Crippen molar-refractivity contribution in [3.63, 3.8) is 0 Å². The lowest BCUT2D eigenvalue weighted by atomic mass is 10.2. The second-order valence-electron chi connectivity index (χ2n) is 5.78. The lowest BCUT2D eigenvalue weighted by molar-refractivity contribution is 0.0770. The molecule has 3 aromatic rings. The zero-order chi connectivity index (χ0) is 17.2. The van der Waals surface area contributed by atoms with Crippen LogP contribution in [0.25, 0.3) is 11.0 Å². The van der Waals surface area contributed by atoms with Crippen LogP contribution in [-0.2, 0) is 0 Å². The minimum absolute atomic E-state index is 0.0197. The molecule has 1 atom stereocenters. The van der Waals surface area contributed by atoms with Gasteiger partial charge in [-0.2, -0.15) is 0 Å². The minimum atomic E-state index is -0.134. The first-order chi connectivity index (χ1) is 12.2. The summed E-state index contributed by atoms with van der Waals surface area (Å²) in [6, 6.07) is 5.46. The highest BCUT2D eigenvalue weighted by Crippen LogP contribution is 2.24. The maximum Gasteiger partial charge on any atom is 0.278 e. The van der Waals surface area contributed by atoms with Gasteiger partial charge in [-0.3, -0.25) is 4.79 Å². The van der Waals surface area contributed by atoms with Crippen molar-refractivity contribution in [2.45, 2.75) is 12.5 Å². The summed E-state index contributed by atoms with van der Waals surface area (Å²) in [5.74, 6) is 0.675. The van der Waals surface area contributed by atoms with Gasteiger partial charge in [-0.05, 0) is 18.2 Å². The number of amides is 1. The molecule has 8 heteroatoms. The molecule has 1 fully saturated rings. The molecular formula is C17H17N5O3. The van der Waals surface area contributed by atoms with Crippen molar-refractivity contribution in [2.75, 3.05) is 20.2 Å². The fourth-order valence-corrected chi connectivity index (χ4v) is 2.95. The van der Waals surface area contributed by atoms with Gasteiger partial charge in [0, 0.05) is 30.9 Å². The van der Waals surface area contributed by atoms with E-state index < -0.39 is 0 Å². The number of carbonyl (C=O) groups is 1. The first-order valence-corrected chi connectivity index (χ1v) is 7.98. The van der Waals surface area contributed by atoms with Crippen LogP contribution in [0.4, 0.5) is 0 Å². The van der Waals surface area contributed by atoms with Crippen LogP contribution < -0.4 is 9.47 Å². The number of nitrogens with one attached hydrogen (secondary N) is 1. The standard InChI is InChI=1S/C17H17N5O3/c1-24-15-16(19-6-5-18-15)25-12-4-7-22(9-12)17(23)11-2-3-13-14(8-11)21-10-20-13/h2-3,5-6,8,10,12H,4,7,9H2,1H3,(H,20,21). The van der Waals surface area contributed by atoms with Crippen LogP contribution in [0.3, 0.4) is 0 Å². The van der Waals surface area contributed by atoms with E-state index in [2.05, 4.69) is 19.9 Å². The monoisotopic (exact) mass is 339 g/mol.